The molecule has 0 radical (unpaired) electrons. The molecule has 0 aromatic heterocycles. The van der Waals surface area contributed by atoms with Crippen molar-refractivity contribution in [2.24, 2.45) is 5.73 Å². The number of benzene rings is 1. The maximum Gasteiger partial charge on any atom is 0.237 e. The Morgan fingerprint density at radius 2 is 1.94 bits per heavy atom. The van der Waals surface area contributed by atoms with Gasteiger partial charge in [0.2, 0.25) is 5.91 Å². The van der Waals surface area contributed by atoms with Crippen molar-refractivity contribution in [3.05, 3.63) is 35.4 Å². The summed E-state index contributed by atoms with van der Waals surface area (Å²) < 4.78 is 0. The molecule has 1 aromatic rings. The Kier molecular flexibility index (Phi) is 3.70. The summed E-state index contributed by atoms with van der Waals surface area (Å²) in [6.07, 6.45) is 0. The number of nitrogens with one attached hydrogen (secondary N) is 1. The van der Waals surface area contributed by atoms with Crippen molar-refractivity contribution in [2.45, 2.75) is 39.3 Å². The van der Waals surface area contributed by atoms with E-state index in [0.29, 0.717) is 0 Å². The Labute approximate surface area is 97.0 Å². The summed E-state index contributed by atoms with van der Waals surface area (Å²) in [7, 11) is 0. The van der Waals surface area contributed by atoms with Gasteiger partial charge in [-0.1, -0.05) is 24.3 Å². The molecule has 1 amide bonds. The largest absolute Gasteiger partial charge is 0.368 e. The first kappa shape index (κ1) is 12.7. The average Bonchev–Trinajstić information content (AvgIpc) is 2.17. The molecule has 0 saturated carbocycles. The molecule has 0 heterocycles. The van der Waals surface area contributed by atoms with Crippen molar-refractivity contribution in [2.75, 3.05) is 0 Å². The van der Waals surface area contributed by atoms with E-state index in [0.717, 1.165) is 0 Å². The van der Waals surface area contributed by atoms with Crippen LogP contribution >= 0.6 is 0 Å². The predicted octanol–water partition coefficient (Wildman–Crippen LogP) is 1.91. The summed E-state index contributed by atoms with van der Waals surface area (Å²) in [4.78, 5) is 11.2. The first-order chi connectivity index (χ1) is 7.34. The minimum atomic E-state index is -0.693. The summed E-state index contributed by atoms with van der Waals surface area (Å²) in [6.45, 7) is 7.69. The summed E-state index contributed by atoms with van der Waals surface area (Å²) >= 11 is 0. The van der Waals surface area contributed by atoms with Crippen molar-refractivity contribution < 1.29 is 4.79 Å². The lowest BCUT2D eigenvalue weighted by molar-refractivity contribution is -0.123. The van der Waals surface area contributed by atoms with Gasteiger partial charge in [-0.05, 0) is 38.8 Å². The highest BCUT2D eigenvalue weighted by Gasteiger charge is 2.26. The van der Waals surface area contributed by atoms with Crippen molar-refractivity contribution in [1.29, 1.82) is 0 Å². The first-order valence-corrected chi connectivity index (χ1v) is 5.47. The number of carbonyl (C=O) groups is 1. The van der Waals surface area contributed by atoms with Crippen LogP contribution in [0.5, 0.6) is 0 Å². The molecule has 3 N–H and O–H groups in total. The third-order valence-corrected chi connectivity index (χ3v) is 2.85. The molecule has 3 nitrogen and oxygen atoms in total. The summed E-state index contributed by atoms with van der Waals surface area (Å²) in [5.74, 6) is -0.340. The van der Waals surface area contributed by atoms with Gasteiger partial charge < -0.3 is 5.73 Å². The first-order valence-electron chi connectivity index (χ1n) is 5.47. The van der Waals surface area contributed by atoms with Crippen LogP contribution < -0.4 is 11.1 Å². The highest BCUT2D eigenvalue weighted by Crippen LogP contribution is 2.19. The number of aryl methyl sites for hydroxylation is 1. The number of amides is 1. The van der Waals surface area contributed by atoms with E-state index in [4.69, 9.17) is 5.73 Å². The van der Waals surface area contributed by atoms with Gasteiger partial charge in [0.15, 0.2) is 0 Å². The second kappa shape index (κ2) is 4.66. The molecular weight excluding hydrogens is 200 g/mol. The summed E-state index contributed by atoms with van der Waals surface area (Å²) in [5.41, 5.74) is 7.04. The number of primary amides is 1. The fourth-order valence-corrected chi connectivity index (χ4v) is 1.76. The lowest BCUT2D eigenvalue weighted by atomic mass is 9.98. The molecule has 0 spiro atoms. The highest BCUT2D eigenvalue weighted by molar-refractivity contribution is 5.83. The quantitative estimate of drug-likeness (QED) is 0.814. The summed E-state index contributed by atoms with van der Waals surface area (Å²) in [5, 5.41) is 3.24. The normalized spacial score (nSPS) is 13.5. The van der Waals surface area contributed by atoms with E-state index < -0.39 is 5.54 Å². The van der Waals surface area contributed by atoms with Crippen molar-refractivity contribution in [1.82, 2.24) is 5.32 Å². The number of carbonyl (C=O) groups excluding carboxylic acids is 1. The molecule has 0 bridgehead atoms. The van der Waals surface area contributed by atoms with E-state index in [9.17, 15) is 4.79 Å². The maximum absolute atomic E-state index is 11.2. The average molecular weight is 220 g/mol. The van der Waals surface area contributed by atoms with Gasteiger partial charge in [0.25, 0.3) is 0 Å². The van der Waals surface area contributed by atoms with E-state index in [1.54, 1.807) is 13.8 Å². The lowest BCUT2D eigenvalue weighted by Crippen LogP contribution is -2.51. The molecule has 1 rings (SSSR count). The number of nitrogens with two attached hydrogens (primary N) is 1. The molecule has 1 aromatic carbocycles. The van der Waals surface area contributed by atoms with Gasteiger partial charge in [-0.15, -0.1) is 0 Å². The predicted molar refractivity (Wildman–Crippen MR) is 66.0 cm³/mol. The van der Waals surface area contributed by atoms with E-state index in [1.165, 1.54) is 11.1 Å². The molecule has 1 atom stereocenters. The third-order valence-electron chi connectivity index (χ3n) is 2.85. The lowest BCUT2D eigenvalue weighted by Gasteiger charge is -2.28. The Balaban J connectivity index is 2.85. The zero-order valence-corrected chi connectivity index (χ0v) is 10.4. The van der Waals surface area contributed by atoms with Gasteiger partial charge in [0, 0.05) is 6.04 Å². The van der Waals surface area contributed by atoms with Crippen molar-refractivity contribution in [3.8, 4) is 0 Å². The zero-order valence-electron chi connectivity index (χ0n) is 10.4. The molecule has 0 saturated heterocycles. The molecule has 0 aliphatic heterocycles. The standard InChI is InChI=1S/C13H20N2O/c1-9-7-5-6-8-11(9)10(2)15-13(3,4)12(14)16/h5-8,10,15H,1-4H3,(H2,14,16). The smallest absolute Gasteiger partial charge is 0.237 e. The summed E-state index contributed by atoms with van der Waals surface area (Å²) in [6, 6.07) is 8.22. The molecule has 0 aliphatic rings. The fraction of sp³-hybridized carbons (Fsp3) is 0.462. The van der Waals surface area contributed by atoms with E-state index in [2.05, 4.69) is 24.4 Å². The van der Waals surface area contributed by atoms with Gasteiger partial charge in [0.05, 0.1) is 5.54 Å². The van der Waals surface area contributed by atoms with Gasteiger partial charge in [-0.3, -0.25) is 10.1 Å². The Morgan fingerprint density at radius 3 is 2.44 bits per heavy atom. The van der Waals surface area contributed by atoms with Crippen LogP contribution in [0.1, 0.15) is 37.9 Å². The van der Waals surface area contributed by atoms with Crippen molar-refractivity contribution in [3.63, 3.8) is 0 Å². The topological polar surface area (TPSA) is 55.1 Å². The third kappa shape index (κ3) is 2.83. The maximum atomic E-state index is 11.2. The molecule has 0 aliphatic carbocycles. The minimum absolute atomic E-state index is 0.101. The number of rotatable bonds is 4. The number of hydrogen-bond acceptors (Lipinski definition) is 2. The highest BCUT2D eigenvalue weighted by atomic mass is 16.1. The van der Waals surface area contributed by atoms with Crippen LogP contribution in [0.25, 0.3) is 0 Å². The molecular formula is C13H20N2O. The molecule has 16 heavy (non-hydrogen) atoms. The monoisotopic (exact) mass is 220 g/mol. The van der Waals surface area contributed by atoms with Crippen LogP contribution in [0.2, 0.25) is 0 Å². The van der Waals surface area contributed by atoms with Crippen LogP contribution in [-0.4, -0.2) is 11.4 Å². The van der Waals surface area contributed by atoms with Gasteiger partial charge in [0.1, 0.15) is 0 Å². The Hall–Kier alpha value is -1.35. The minimum Gasteiger partial charge on any atom is -0.368 e. The second-order valence-corrected chi connectivity index (χ2v) is 4.71. The van der Waals surface area contributed by atoms with E-state index >= 15 is 0 Å². The molecule has 88 valence electrons. The Bertz CT molecular complexity index is 385. The van der Waals surface area contributed by atoms with Gasteiger partial charge in [-0.25, -0.2) is 0 Å². The fourth-order valence-electron chi connectivity index (χ4n) is 1.76. The van der Waals surface area contributed by atoms with Crippen molar-refractivity contribution >= 4 is 5.91 Å². The SMILES string of the molecule is Cc1ccccc1C(C)NC(C)(C)C(N)=O. The molecule has 1 unspecified atom stereocenters. The van der Waals surface area contributed by atoms with Crippen LogP contribution in [0.15, 0.2) is 24.3 Å². The zero-order chi connectivity index (χ0) is 12.3. The van der Waals surface area contributed by atoms with E-state index in [1.807, 2.05) is 19.1 Å². The van der Waals surface area contributed by atoms with Crippen LogP contribution in [-0.2, 0) is 4.79 Å². The van der Waals surface area contributed by atoms with Crippen LogP contribution in [0.3, 0.4) is 0 Å². The van der Waals surface area contributed by atoms with Gasteiger partial charge in [-0.2, -0.15) is 0 Å². The van der Waals surface area contributed by atoms with Crippen LogP contribution in [0.4, 0.5) is 0 Å². The number of hydrogen-bond donors (Lipinski definition) is 2. The molecule has 0 fully saturated rings. The second-order valence-electron chi connectivity index (χ2n) is 4.71. The van der Waals surface area contributed by atoms with E-state index in [-0.39, 0.29) is 11.9 Å². The van der Waals surface area contributed by atoms with Crippen LogP contribution in [0, 0.1) is 6.92 Å². The Morgan fingerprint density at radius 1 is 1.38 bits per heavy atom. The molecule has 3 heteroatoms. The van der Waals surface area contributed by atoms with Gasteiger partial charge >= 0.3 is 0 Å².